The van der Waals surface area contributed by atoms with Gasteiger partial charge in [0.25, 0.3) is 5.11 Å². The van der Waals surface area contributed by atoms with Crippen LogP contribution in [0.2, 0.25) is 5.02 Å². The van der Waals surface area contributed by atoms with Crippen LogP contribution in [0.4, 0.5) is 0 Å². The van der Waals surface area contributed by atoms with Crippen molar-refractivity contribution in [3.8, 4) is 0 Å². The zero-order valence-corrected chi connectivity index (χ0v) is 13.3. The Labute approximate surface area is 133 Å². The van der Waals surface area contributed by atoms with Crippen LogP contribution in [0.5, 0.6) is 0 Å². The van der Waals surface area contributed by atoms with Crippen LogP contribution in [0.3, 0.4) is 0 Å². The lowest BCUT2D eigenvalue weighted by molar-refractivity contribution is -0.230. The molecule has 20 heavy (non-hydrogen) atoms. The molecule has 1 fully saturated rings. The molecule has 0 spiro atoms. The van der Waals surface area contributed by atoms with Gasteiger partial charge >= 0.3 is 0 Å². The SMILES string of the molecule is NN(CC(O)(Cc1ccccc1Cl)C1(Cl)CC1)C([NH3+])=S. The lowest BCUT2D eigenvalue weighted by Gasteiger charge is -2.36. The molecule has 2 rings (SSSR count). The number of alkyl halides is 1. The number of halogens is 2. The van der Waals surface area contributed by atoms with E-state index in [1.807, 2.05) is 18.2 Å². The standard InChI is InChI=1S/C13H17Cl2N3OS/c14-10-4-2-1-3-9(10)7-13(19,12(15)5-6-12)8-18(17)11(16)20/h1-4,19H,5-8,17H2,(H2,16,20)/p+1. The minimum absolute atomic E-state index is 0.129. The van der Waals surface area contributed by atoms with E-state index in [0.29, 0.717) is 11.4 Å². The van der Waals surface area contributed by atoms with E-state index in [-0.39, 0.29) is 11.7 Å². The summed E-state index contributed by atoms with van der Waals surface area (Å²) in [6, 6.07) is 7.39. The van der Waals surface area contributed by atoms with E-state index in [0.717, 1.165) is 18.4 Å². The highest BCUT2D eigenvalue weighted by Crippen LogP contribution is 2.52. The van der Waals surface area contributed by atoms with Crippen molar-refractivity contribution in [2.24, 2.45) is 5.84 Å². The van der Waals surface area contributed by atoms with Gasteiger partial charge in [0, 0.05) is 23.7 Å². The van der Waals surface area contributed by atoms with Crippen LogP contribution in [-0.4, -0.2) is 32.2 Å². The highest BCUT2D eigenvalue weighted by atomic mass is 35.5. The summed E-state index contributed by atoms with van der Waals surface area (Å²) in [6.45, 7) is 0.129. The molecule has 6 N–H and O–H groups in total. The average Bonchev–Trinajstić information content (AvgIpc) is 3.12. The largest absolute Gasteiger partial charge is 0.386 e. The Bertz CT molecular complexity index is 524. The lowest BCUT2D eigenvalue weighted by Crippen LogP contribution is -2.69. The molecule has 0 aliphatic heterocycles. The smallest absolute Gasteiger partial charge is 0.281 e. The number of thiocarbonyl (C=S) groups is 1. The van der Waals surface area contributed by atoms with E-state index < -0.39 is 10.5 Å². The van der Waals surface area contributed by atoms with Gasteiger partial charge in [0.2, 0.25) is 0 Å². The zero-order chi connectivity index (χ0) is 15.0. The molecule has 1 aromatic rings. The summed E-state index contributed by atoms with van der Waals surface area (Å²) in [6.07, 6.45) is 1.81. The van der Waals surface area contributed by atoms with Crippen LogP contribution in [0.25, 0.3) is 0 Å². The number of hydrogen-bond acceptors (Lipinski definition) is 3. The summed E-state index contributed by atoms with van der Waals surface area (Å²) in [5.41, 5.74) is 3.24. The van der Waals surface area contributed by atoms with E-state index in [9.17, 15) is 5.11 Å². The fourth-order valence-electron chi connectivity index (χ4n) is 2.26. The first-order valence-corrected chi connectivity index (χ1v) is 7.47. The van der Waals surface area contributed by atoms with E-state index in [2.05, 4.69) is 5.73 Å². The number of benzene rings is 1. The van der Waals surface area contributed by atoms with E-state index in [1.165, 1.54) is 5.01 Å². The molecule has 1 aliphatic rings. The van der Waals surface area contributed by atoms with Crippen molar-refractivity contribution in [1.29, 1.82) is 0 Å². The maximum absolute atomic E-state index is 11.0. The summed E-state index contributed by atoms with van der Waals surface area (Å²) in [5, 5.41) is 13.1. The van der Waals surface area contributed by atoms with E-state index >= 15 is 0 Å². The van der Waals surface area contributed by atoms with Crippen LogP contribution < -0.4 is 11.6 Å². The highest BCUT2D eigenvalue weighted by molar-refractivity contribution is 7.79. The molecule has 0 saturated heterocycles. The number of nitrogens with zero attached hydrogens (tertiary/aromatic N) is 1. The first-order chi connectivity index (χ1) is 9.27. The van der Waals surface area contributed by atoms with E-state index in [4.69, 9.17) is 41.3 Å². The molecule has 0 bridgehead atoms. The molecule has 0 radical (unpaired) electrons. The van der Waals surface area contributed by atoms with Crippen LogP contribution in [0, 0.1) is 0 Å². The van der Waals surface area contributed by atoms with Crippen molar-refractivity contribution in [3.05, 3.63) is 34.9 Å². The number of quaternary nitrogens is 1. The van der Waals surface area contributed by atoms with Crippen LogP contribution in [0.15, 0.2) is 24.3 Å². The van der Waals surface area contributed by atoms with Gasteiger partial charge in [-0.3, -0.25) is 10.7 Å². The predicted molar refractivity (Wildman–Crippen MR) is 84.3 cm³/mol. The molecular formula is C13H18Cl2N3OS+. The predicted octanol–water partition coefficient (Wildman–Crippen LogP) is 1.09. The molecule has 0 heterocycles. The van der Waals surface area contributed by atoms with Crippen molar-refractivity contribution in [1.82, 2.24) is 5.01 Å². The quantitative estimate of drug-likeness (QED) is 0.326. The van der Waals surface area contributed by atoms with Gasteiger partial charge in [0.1, 0.15) is 5.60 Å². The second kappa shape index (κ2) is 5.75. The lowest BCUT2D eigenvalue weighted by atomic mass is 9.88. The summed E-state index contributed by atoms with van der Waals surface area (Å²) < 4.78 is 0. The zero-order valence-electron chi connectivity index (χ0n) is 11.0. The topological polar surface area (TPSA) is 77.1 Å². The van der Waals surface area contributed by atoms with Gasteiger partial charge in [-0.15, -0.1) is 11.6 Å². The molecule has 4 nitrogen and oxygen atoms in total. The Kier molecular flexibility index (Phi) is 4.59. The second-order valence-corrected chi connectivity index (χ2v) is 6.89. The first-order valence-electron chi connectivity index (χ1n) is 6.30. The first kappa shape index (κ1) is 15.9. The molecule has 1 aromatic carbocycles. The third-order valence-corrected chi connectivity index (χ3v) is 5.05. The summed E-state index contributed by atoms with van der Waals surface area (Å²) in [5.74, 6) is 5.80. The maximum Gasteiger partial charge on any atom is 0.281 e. The minimum atomic E-state index is -1.20. The molecule has 7 heteroatoms. The molecule has 110 valence electrons. The monoisotopic (exact) mass is 334 g/mol. The number of hydrogen-bond donors (Lipinski definition) is 3. The third-order valence-electron chi connectivity index (χ3n) is 3.72. The van der Waals surface area contributed by atoms with Crippen molar-refractivity contribution < 1.29 is 10.8 Å². The maximum atomic E-state index is 11.0. The second-order valence-electron chi connectivity index (χ2n) is 5.29. The summed E-state index contributed by atoms with van der Waals surface area (Å²) >= 11 is 17.6. The number of aliphatic hydroxyl groups is 1. The minimum Gasteiger partial charge on any atom is -0.386 e. The van der Waals surface area contributed by atoms with E-state index in [1.54, 1.807) is 6.07 Å². The van der Waals surface area contributed by atoms with Gasteiger partial charge in [-0.1, -0.05) is 29.8 Å². The van der Waals surface area contributed by atoms with Crippen molar-refractivity contribution in [2.75, 3.05) is 6.54 Å². The fourth-order valence-corrected chi connectivity index (χ4v) is 2.75. The number of rotatable bonds is 5. The molecule has 1 saturated carbocycles. The highest BCUT2D eigenvalue weighted by Gasteiger charge is 2.58. The summed E-state index contributed by atoms with van der Waals surface area (Å²) in [4.78, 5) is -0.672. The Morgan fingerprint density at radius 3 is 2.60 bits per heavy atom. The molecule has 0 amide bonds. The van der Waals surface area contributed by atoms with Crippen molar-refractivity contribution >= 4 is 40.5 Å². The fraction of sp³-hybridized carbons (Fsp3) is 0.462. The summed E-state index contributed by atoms with van der Waals surface area (Å²) in [7, 11) is 0. The third kappa shape index (κ3) is 3.24. The molecular weight excluding hydrogens is 317 g/mol. The Morgan fingerprint density at radius 2 is 2.10 bits per heavy atom. The van der Waals surface area contributed by atoms with Gasteiger partial charge in [0.15, 0.2) is 0 Å². The number of hydrazine groups is 1. The molecule has 1 aliphatic carbocycles. The van der Waals surface area contributed by atoms with Crippen LogP contribution in [0.1, 0.15) is 18.4 Å². The molecule has 1 unspecified atom stereocenters. The van der Waals surface area contributed by atoms with Gasteiger partial charge < -0.3 is 5.11 Å². The molecule has 0 aromatic heterocycles. The Balaban J connectivity index is 2.24. The van der Waals surface area contributed by atoms with Gasteiger partial charge in [-0.25, -0.2) is 5.84 Å². The van der Waals surface area contributed by atoms with Gasteiger partial charge in [-0.05, 0) is 24.5 Å². The number of nitrogens with two attached hydrogens (primary N) is 1. The van der Waals surface area contributed by atoms with Gasteiger partial charge in [0.05, 0.1) is 11.4 Å². The van der Waals surface area contributed by atoms with Crippen molar-refractivity contribution in [3.63, 3.8) is 0 Å². The van der Waals surface area contributed by atoms with Crippen LogP contribution >= 0.6 is 35.4 Å². The Morgan fingerprint density at radius 1 is 1.50 bits per heavy atom. The normalized spacial score (nSPS) is 19.2. The Hall–Kier alpha value is -0.430. The van der Waals surface area contributed by atoms with Crippen LogP contribution in [-0.2, 0) is 6.42 Å². The van der Waals surface area contributed by atoms with Crippen molar-refractivity contribution in [2.45, 2.75) is 29.7 Å². The van der Waals surface area contributed by atoms with Gasteiger partial charge in [-0.2, -0.15) is 0 Å². The average molecular weight is 335 g/mol. The molecule has 1 atom stereocenters.